The van der Waals surface area contributed by atoms with Crippen molar-refractivity contribution in [2.24, 2.45) is 0 Å². The van der Waals surface area contributed by atoms with Gasteiger partial charge in [-0.05, 0) is 51.2 Å². The molecule has 1 heterocycles. The van der Waals surface area contributed by atoms with E-state index in [-0.39, 0.29) is 0 Å². The molecule has 0 spiro atoms. The first kappa shape index (κ1) is 16.5. The molecule has 1 aromatic carbocycles. The first-order chi connectivity index (χ1) is 10.6. The van der Waals surface area contributed by atoms with Gasteiger partial charge < -0.3 is 4.74 Å². The Morgan fingerprint density at radius 2 is 1.95 bits per heavy atom. The SMILES string of the molecule is CCOc1c(C)cc(C)cc1C(CC)Cc1cn(CC)nn1. The lowest BCUT2D eigenvalue weighted by molar-refractivity contribution is 0.331. The minimum atomic E-state index is 0.405. The summed E-state index contributed by atoms with van der Waals surface area (Å²) < 4.78 is 7.81. The van der Waals surface area contributed by atoms with Crippen LogP contribution in [0.1, 0.15) is 55.5 Å². The average molecular weight is 301 g/mol. The molecule has 4 nitrogen and oxygen atoms in total. The van der Waals surface area contributed by atoms with Crippen LogP contribution in [-0.2, 0) is 13.0 Å². The van der Waals surface area contributed by atoms with E-state index in [0.29, 0.717) is 12.5 Å². The third-order valence-electron chi connectivity index (χ3n) is 4.03. The summed E-state index contributed by atoms with van der Waals surface area (Å²) in [4.78, 5) is 0. The number of aromatic nitrogens is 3. The highest BCUT2D eigenvalue weighted by Gasteiger charge is 2.19. The van der Waals surface area contributed by atoms with Gasteiger partial charge in [0.15, 0.2) is 0 Å². The fourth-order valence-electron chi connectivity index (χ4n) is 2.95. The van der Waals surface area contributed by atoms with Crippen molar-refractivity contribution in [2.45, 2.75) is 59.9 Å². The van der Waals surface area contributed by atoms with Gasteiger partial charge in [0.2, 0.25) is 0 Å². The van der Waals surface area contributed by atoms with E-state index < -0.39 is 0 Å². The summed E-state index contributed by atoms with van der Waals surface area (Å²) in [5.74, 6) is 1.45. The van der Waals surface area contributed by atoms with E-state index in [2.05, 4.69) is 50.1 Å². The van der Waals surface area contributed by atoms with Crippen molar-refractivity contribution < 1.29 is 4.74 Å². The van der Waals surface area contributed by atoms with Gasteiger partial charge >= 0.3 is 0 Å². The van der Waals surface area contributed by atoms with Crippen molar-refractivity contribution in [3.63, 3.8) is 0 Å². The van der Waals surface area contributed by atoms with E-state index in [1.807, 2.05) is 17.8 Å². The number of rotatable bonds is 7. The second kappa shape index (κ2) is 7.43. The van der Waals surface area contributed by atoms with Crippen molar-refractivity contribution in [3.8, 4) is 5.75 Å². The number of ether oxygens (including phenoxy) is 1. The Morgan fingerprint density at radius 3 is 2.55 bits per heavy atom. The fourth-order valence-corrected chi connectivity index (χ4v) is 2.95. The van der Waals surface area contributed by atoms with Crippen LogP contribution < -0.4 is 4.74 Å². The topological polar surface area (TPSA) is 39.9 Å². The fraction of sp³-hybridized carbons (Fsp3) is 0.556. The van der Waals surface area contributed by atoms with E-state index in [4.69, 9.17) is 4.74 Å². The quantitative estimate of drug-likeness (QED) is 0.774. The predicted molar refractivity (Wildman–Crippen MR) is 89.5 cm³/mol. The zero-order valence-corrected chi connectivity index (χ0v) is 14.4. The molecule has 0 saturated heterocycles. The molecule has 1 atom stereocenters. The zero-order chi connectivity index (χ0) is 16.1. The van der Waals surface area contributed by atoms with Gasteiger partial charge in [0.05, 0.1) is 12.3 Å². The van der Waals surface area contributed by atoms with Crippen molar-refractivity contribution in [1.82, 2.24) is 15.0 Å². The van der Waals surface area contributed by atoms with Crippen molar-refractivity contribution >= 4 is 0 Å². The predicted octanol–water partition coefficient (Wildman–Crippen LogP) is 4.05. The summed E-state index contributed by atoms with van der Waals surface area (Å²) in [5, 5.41) is 8.44. The summed E-state index contributed by atoms with van der Waals surface area (Å²) in [7, 11) is 0. The molecule has 2 aromatic rings. The first-order valence-corrected chi connectivity index (χ1v) is 8.21. The van der Waals surface area contributed by atoms with Crippen LogP contribution in [0.5, 0.6) is 5.75 Å². The van der Waals surface area contributed by atoms with Crippen LogP contribution in [-0.4, -0.2) is 21.6 Å². The third-order valence-corrected chi connectivity index (χ3v) is 4.03. The van der Waals surface area contributed by atoms with Gasteiger partial charge in [0, 0.05) is 19.2 Å². The number of hydrogen-bond donors (Lipinski definition) is 0. The van der Waals surface area contributed by atoms with Crippen LogP contribution in [0.25, 0.3) is 0 Å². The highest BCUT2D eigenvalue weighted by molar-refractivity contribution is 5.46. The number of nitrogens with zero attached hydrogens (tertiary/aromatic N) is 3. The normalized spacial score (nSPS) is 12.4. The molecule has 0 amide bonds. The van der Waals surface area contributed by atoms with E-state index >= 15 is 0 Å². The highest BCUT2D eigenvalue weighted by Crippen LogP contribution is 2.35. The molecule has 0 aliphatic rings. The summed E-state index contributed by atoms with van der Waals surface area (Å²) >= 11 is 0. The van der Waals surface area contributed by atoms with Gasteiger partial charge in [0.1, 0.15) is 5.75 Å². The molecule has 0 radical (unpaired) electrons. The molecule has 2 rings (SSSR count). The maximum absolute atomic E-state index is 5.93. The molecule has 0 aliphatic heterocycles. The van der Waals surface area contributed by atoms with Gasteiger partial charge in [-0.15, -0.1) is 5.10 Å². The molecule has 0 fully saturated rings. The van der Waals surface area contributed by atoms with Crippen LogP contribution in [0.2, 0.25) is 0 Å². The van der Waals surface area contributed by atoms with Crippen LogP contribution in [0.4, 0.5) is 0 Å². The number of benzene rings is 1. The minimum absolute atomic E-state index is 0.405. The van der Waals surface area contributed by atoms with Gasteiger partial charge in [-0.2, -0.15) is 0 Å². The molecule has 120 valence electrons. The smallest absolute Gasteiger partial charge is 0.125 e. The standard InChI is InChI=1S/C18H27N3O/c1-6-15(11-16-12-21(7-2)20-19-16)17-10-13(4)9-14(5)18(17)22-8-3/h9-10,12,15H,6-8,11H2,1-5H3. The maximum atomic E-state index is 5.93. The Kier molecular flexibility index (Phi) is 5.58. The van der Waals surface area contributed by atoms with Gasteiger partial charge in [0.25, 0.3) is 0 Å². The molecule has 22 heavy (non-hydrogen) atoms. The average Bonchev–Trinajstić information content (AvgIpc) is 2.95. The Labute approximate surface area is 133 Å². The summed E-state index contributed by atoms with van der Waals surface area (Å²) in [6.45, 7) is 12.2. The van der Waals surface area contributed by atoms with Crippen LogP contribution >= 0.6 is 0 Å². The van der Waals surface area contributed by atoms with E-state index in [9.17, 15) is 0 Å². The van der Waals surface area contributed by atoms with Gasteiger partial charge in [-0.1, -0.05) is 29.8 Å². The summed E-state index contributed by atoms with van der Waals surface area (Å²) in [6.07, 6.45) is 4.01. The van der Waals surface area contributed by atoms with E-state index in [0.717, 1.165) is 30.8 Å². The Balaban J connectivity index is 2.33. The first-order valence-electron chi connectivity index (χ1n) is 8.21. The Hall–Kier alpha value is -1.84. The van der Waals surface area contributed by atoms with Gasteiger partial charge in [-0.3, -0.25) is 4.68 Å². The van der Waals surface area contributed by atoms with E-state index in [1.54, 1.807) is 0 Å². The zero-order valence-electron chi connectivity index (χ0n) is 14.4. The largest absolute Gasteiger partial charge is 0.493 e. The lowest BCUT2D eigenvalue weighted by Crippen LogP contribution is -2.08. The van der Waals surface area contributed by atoms with Crippen molar-refractivity contribution in [2.75, 3.05) is 6.61 Å². The molecule has 1 aromatic heterocycles. The molecular weight excluding hydrogens is 274 g/mol. The lowest BCUT2D eigenvalue weighted by atomic mass is 9.89. The highest BCUT2D eigenvalue weighted by atomic mass is 16.5. The van der Waals surface area contributed by atoms with Crippen molar-refractivity contribution in [1.29, 1.82) is 0 Å². The number of hydrogen-bond acceptors (Lipinski definition) is 3. The van der Waals surface area contributed by atoms with Gasteiger partial charge in [-0.25, -0.2) is 0 Å². The molecule has 0 aliphatic carbocycles. The summed E-state index contributed by atoms with van der Waals surface area (Å²) in [5.41, 5.74) is 4.85. The molecule has 4 heteroatoms. The second-order valence-electron chi connectivity index (χ2n) is 5.81. The second-order valence-corrected chi connectivity index (χ2v) is 5.81. The van der Waals surface area contributed by atoms with Crippen LogP contribution in [0.15, 0.2) is 18.3 Å². The molecule has 0 saturated carbocycles. The minimum Gasteiger partial charge on any atom is -0.493 e. The van der Waals surface area contributed by atoms with Crippen molar-refractivity contribution in [3.05, 3.63) is 40.7 Å². The molecule has 0 bridgehead atoms. The maximum Gasteiger partial charge on any atom is 0.125 e. The Bertz CT molecular complexity index is 619. The molecule has 1 unspecified atom stereocenters. The monoisotopic (exact) mass is 301 g/mol. The molecule has 0 N–H and O–H groups in total. The third kappa shape index (κ3) is 3.67. The Morgan fingerprint density at radius 1 is 1.18 bits per heavy atom. The molecular formula is C18H27N3O. The van der Waals surface area contributed by atoms with Crippen LogP contribution in [0, 0.1) is 13.8 Å². The number of aryl methyl sites for hydroxylation is 3. The van der Waals surface area contributed by atoms with E-state index in [1.165, 1.54) is 16.7 Å². The van der Waals surface area contributed by atoms with Crippen LogP contribution in [0.3, 0.4) is 0 Å². The summed E-state index contributed by atoms with van der Waals surface area (Å²) in [6, 6.07) is 4.45. The lowest BCUT2D eigenvalue weighted by Gasteiger charge is -2.21.